The monoisotopic (exact) mass is 201 g/mol. The predicted octanol–water partition coefficient (Wildman–Crippen LogP) is 2.78. The van der Waals surface area contributed by atoms with E-state index in [9.17, 15) is 0 Å². The van der Waals surface area contributed by atoms with Crippen molar-refractivity contribution in [3.05, 3.63) is 30.2 Å². The van der Waals surface area contributed by atoms with Gasteiger partial charge in [-0.05, 0) is 24.3 Å². The quantitative estimate of drug-likeness (QED) is 0.710. The van der Waals surface area contributed by atoms with Crippen LogP contribution in [0.3, 0.4) is 0 Å². The van der Waals surface area contributed by atoms with Gasteiger partial charge in [-0.25, -0.2) is 9.50 Å². The van der Waals surface area contributed by atoms with E-state index >= 15 is 0 Å². The predicted molar refractivity (Wildman–Crippen MR) is 58.8 cm³/mol. The first-order chi connectivity index (χ1) is 7.43. The number of nitrogens with zero attached hydrogens (tertiary/aromatic N) is 3. The van der Waals surface area contributed by atoms with Crippen molar-refractivity contribution in [2.24, 2.45) is 0 Å². The molecule has 2 aromatic rings. The van der Waals surface area contributed by atoms with Crippen molar-refractivity contribution >= 4 is 5.65 Å². The van der Waals surface area contributed by atoms with E-state index in [-0.39, 0.29) is 0 Å². The van der Waals surface area contributed by atoms with Crippen LogP contribution in [0.4, 0.5) is 0 Å². The van der Waals surface area contributed by atoms with Gasteiger partial charge in [0.2, 0.25) is 0 Å². The second-order valence-corrected chi connectivity index (χ2v) is 4.36. The summed E-state index contributed by atoms with van der Waals surface area (Å²) in [6, 6.07) is 1.94. The molecule has 3 rings (SSSR count). The topological polar surface area (TPSA) is 30.2 Å². The maximum Gasteiger partial charge on any atom is 0.154 e. The van der Waals surface area contributed by atoms with Gasteiger partial charge in [0.15, 0.2) is 5.65 Å². The molecule has 0 aliphatic heterocycles. The smallest absolute Gasteiger partial charge is 0.154 e. The third kappa shape index (κ3) is 1.62. The van der Waals surface area contributed by atoms with Gasteiger partial charge in [-0.2, -0.15) is 5.10 Å². The van der Waals surface area contributed by atoms with Gasteiger partial charge < -0.3 is 0 Å². The molecular weight excluding hydrogens is 186 g/mol. The molecule has 1 saturated carbocycles. The Morgan fingerprint density at radius 2 is 2.07 bits per heavy atom. The second-order valence-electron chi connectivity index (χ2n) is 4.36. The van der Waals surface area contributed by atoms with Gasteiger partial charge in [0.25, 0.3) is 0 Å². The summed E-state index contributed by atoms with van der Waals surface area (Å²) in [5.41, 5.74) is 2.29. The minimum Gasteiger partial charge on any atom is -0.237 e. The van der Waals surface area contributed by atoms with E-state index in [1.807, 2.05) is 16.8 Å². The fourth-order valence-electron chi connectivity index (χ4n) is 2.47. The lowest BCUT2D eigenvalue weighted by atomic mass is 9.85. The molecule has 0 spiro atoms. The van der Waals surface area contributed by atoms with Crippen molar-refractivity contribution in [1.82, 2.24) is 14.6 Å². The van der Waals surface area contributed by atoms with Crippen LogP contribution in [0.15, 0.2) is 24.7 Å². The van der Waals surface area contributed by atoms with Gasteiger partial charge in [-0.1, -0.05) is 19.3 Å². The first-order valence-electron chi connectivity index (χ1n) is 5.73. The van der Waals surface area contributed by atoms with Crippen LogP contribution in [0.1, 0.15) is 43.6 Å². The molecule has 0 amide bonds. The third-order valence-corrected chi connectivity index (χ3v) is 3.34. The zero-order valence-electron chi connectivity index (χ0n) is 8.76. The molecule has 3 nitrogen and oxygen atoms in total. The van der Waals surface area contributed by atoms with E-state index < -0.39 is 0 Å². The summed E-state index contributed by atoms with van der Waals surface area (Å²) in [5, 5.41) is 4.23. The van der Waals surface area contributed by atoms with Gasteiger partial charge in [0, 0.05) is 18.5 Å². The summed E-state index contributed by atoms with van der Waals surface area (Å²) in [4.78, 5) is 4.42. The maximum atomic E-state index is 4.42. The number of fused-ring (bicyclic) bond motifs is 1. The van der Waals surface area contributed by atoms with Gasteiger partial charge >= 0.3 is 0 Å². The van der Waals surface area contributed by atoms with Crippen molar-refractivity contribution in [3.63, 3.8) is 0 Å². The number of hydrogen-bond donors (Lipinski definition) is 0. The lowest BCUT2D eigenvalue weighted by molar-refractivity contribution is 0.441. The van der Waals surface area contributed by atoms with Crippen LogP contribution in [0, 0.1) is 0 Å². The highest BCUT2D eigenvalue weighted by atomic mass is 15.2. The largest absolute Gasteiger partial charge is 0.237 e. The van der Waals surface area contributed by atoms with E-state index in [0.717, 1.165) is 5.65 Å². The van der Waals surface area contributed by atoms with E-state index in [2.05, 4.69) is 16.3 Å². The van der Waals surface area contributed by atoms with Crippen LogP contribution < -0.4 is 0 Å². The summed E-state index contributed by atoms with van der Waals surface area (Å²) in [6.45, 7) is 0. The van der Waals surface area contributed by atoms with E-state index in [0.29, 0.717) is 5.92 Å². The minimum atomic E-state index is 0.708. The van der Waals surface area contributed by atoms with E-state index in [1.54, 1.807) is 6.20 Å². The Bertz CT molecular complexity index is 455. The molecule has 0 saturated heterocycles. The Morgan fingerprint density at radius 1 is 1.20 bits per heavy atom. The molecule has 1 fully saturated rings. The summed E-state index contributed by atoms with van der Waals surface area (Å²) >= 11 is 0. The molecule has 0 bridgehead atoms. The minimum absolute atomic E-state index is 0.708. The van der Waals surface area contributed by atoms with Gasteiger partial charge in [0.05, 0.1) is 6.20 Å². The number of hydrogen-bond acceptors (Lipinski definition) is 2. The van der Waals surface area contributed by atoms with E-state index in [1.165, 1.54) is 37.7 Å². The molecule has 0 radical (unpaired) electrons. The Kier molecular flexibility index (Phi) is 2.16. The summed E-state index contributed by atoms with van der Waals surface area (Å²) in [6.07, 6.45) is 12.7. The van der Waals surface area contributed by atoms with Crippen molar-refractivity contribution in [2.75, 3.05) is 0 Å². The first kappa shape index (κ1) is 8.89. The van der Waals surface area contributed by atoms with Gasteiger partial charge in [-0.15, -0.1) is 0 Å². The molecule has 0 aromatic carbocycles. The van der Waals surface area contributed by atoms with Gasteiger partial charge in [-0.3, -0.25) is 0 Å². The molecule has 0 N–H and O–H groups in total. The highest BCUT2D eigenvalue weighted by Gasteiger charge is 2.16. The highest BCUT2D eigenvalue weighted by molar-refractivity contribution is 5.36. The maximum absolute atomic E-state index is 4.42. The Balaban J connectivity index is 1.95. The fourth-order valence-corrected chi connectivity index (χ4v) is 2.47. The Labute approximate surface area is 89.1 Å². The molecule has 3 heteroatoms. The summed E-state index contributed by atoms with van der Waals surface area (Å²) in [5.74, 6) is 0.708. The highest BCUT2D eigenvalue weighted by Crippen LogP contribution is 2.31. The molecule has 2 heterocycles. The average Bonchev–Trinajstić information content (AvgIpc) is 2.77. The van der Waals surface area contributed by atoms with Crippen molar-refractivity contribution < 1.29 is 0 Å². The van der Waals surface area contributed by atoms with Crippen LogP contribution in [0.25, 0.3) is 5.65 Å². The van der Waals surface area contributed by atoms with Gasteiger partial charge in [0.1, 0.15) is 0 Å². The van der Waals surface area contributed by atoms with Crippen molar-refractivity contribution in [3.8, 4) is 0 Å². The lowest BCUT2D eigenvalue weighted by Crippen LogP contribution is -2.06. The molecule has 2 aromatic heterocycles. The molecule has 1 aliphatic carbocycles. The molecule has 78 valence electrons. The zero-order chi connectivity index (χ0) is 10.1. The number of aromatic nitrogens is 3. The summed E-state index contributed by atoms with van der Waals surface area (Å²) < 4.78 is 1.88. The van der Waals surface area contributed by atoms with Crippen molar-refractivity contribution in [2.45, 2.75) is 38.0 Å². The van der Waals surface area contributed by atoms with Crippen LogP contribution in [-0.2, 0) is 0 Å². The van der Waals surface area contributed by atoms with Crippen LogP contribution in [0.5, 0.6) is 0 Å². The SMILES string of the molecule is c1cc2ncc(C3CCCCC3)cn2n1. The van der Waals surface area contributed by atoms with Crippen molar-refractivity contribution in [1.29, 1.82) is 0 Å². The number of rotatable bonds is 1. The zero-order valence-corrected chi connectivity index (χ0v) is 8.76. The fraction of sp³-hybridized carbons (Fsp3) is 0.500. The molecule has 0 unspecified atom stereocenters. The standard InChI is InChI=1S/C12H15N3/c1-2-4-10(5-3-1)11-8-13-12-6-7-14-15(12)9-11/h6-10H,1-5H2. The Hall–Kier alpha value is -1.38. The molecule has 0 atom stereocenters. The average molecular weight is 201 g/mol. The molecular formula is C12H15N3. The third-order valence-electron chi connectivity index (χ3n) is 3.34. The Morgan fingerprint density at radius 3 is 2.93 bits per heavy atom. The molecule has 15 heavy (non-hydrogen) atoms. The van der Waals surface area contributed by atoms with Crippen LogP contribution in [-0.4, -0.2) is 14.6 Å². The lowest BCUT2D eigenvalue weighted by Gasteiger charge is -2.21. The van der Waals surface area contributed by atoms with E-state index in [4.69, 9.17) is 0 Å². The molecule has 1 aliphatic rings. The normalized spacial score (nSPS) is 18.4. The second kappa shape index (κ2) is 3.65. The van der Waals surface area contributed by atoms with Crippen LogP contribution in [0.2, 0.25) is 0 Å². The van der Waals surface area contributed by atoms with Crippen LogP contribution >= 0.6 is 0 Å². The summed E-state index contributed by atoms with van der Waals surface area (Å²) in [7, 11) is 0. The first-order valence-corrected chi connectivity index (χ1v) is 5.73.